The summed E-state index contributed by atoms with van der Waals surface area (Å²) < 4.78 is 24.4. The van der Waals surface area contributed by atoms with Crippen LogP contribution in [0, 0.1) is 5.82 Å². The summed E-state index contributed by atoms with van der Waals surface area (Å²) in [4.78, 5) is 16.5. The van der Waals surface area contributed by atoms with Crippen LogP contribution in [0.2, 0.25) is 0 Å². The molecule has 0 atom stereocenters. The van der Waals surface area contributed by atoms with Crippen LogP contribution in [0.25, 0.3) is 6.08 Å². The zero-order valence-corrected chi connectivity index (χ0v) is 14.8. The largest absolute Gasteiger partial charge is 0.494 e. The molecule has 0 amide bonds. The van der Waals surface area contributed by atoms with Crippen LogP contribution in [0.15, 0.2) is 72.9 Å². The number of allylic oxidation sites excluding steroid dienone is 1. The van der Waals surface area contributed by atoms with Crippen LogP contribution < -0.4 is 9.47 Å². The fourth-order valence-corrected chi connectivity index (χ4v) is 2.47. The van der Waals surface area contributed by atoms with Gasteiger partial charge >= 0.3 is 0 Å². The van der Waals surface area contributed by atoms with Gasteiger partial charge in [-0.2, -0.15) is 0 Å². The number of benzene rings is 2. The van der Waals surface area contributed by atoms with E-state index in [1.165, 1.54) is 25.3 Å². The smallest absolute Gasteiger partial charge is 0.185 e. The number of ether oxygens (including phenoxy) is 2. The van der Waals surface area contributed by atoms with E-state index in [2.05, 4.69) is 4.98 Å². The fourth-order valence-electron chi connectivity index (χ4n) is 2.47. The summed E-state index contributed by atoms with van der Waals surface area (Å²) in [5.41, 5.74) is 1.80. The maximum atomic E-state index is 13.8. The molecule has 2 aromatic carbocycles. The zero-order chi connectivity index (χ0) is 19.1. The van der Waals surface area contributed by atoms with Crippen molar-refractivity contribution in [3.05, 3.63) is 95.6 Å². The van der Waals surface area contributed by atoms with Crippen LogP contribution in [-0.2, 0) is 6.61 Å². The molecule has 4 nitrogen and oxygen atoms in total. The molecule has 5 heteroatoms. The van der Waals surface area contributed by atoms with Crippen molar-refractivity contribution in [2.75, 3.05) is 7.11 Å². The van der Waals surface area contributed by atoms with Crippen LogP contribution in [0.1, 0.15) is 21.6 Å². The van der Waals surface area contributed by atoms with E-state index in [4.69, 9.17) is 9.47 Å². The molecule has 0 radical (unpaired) electrons. The molecule has 0 spiro atoms. The molecule has 0 bridgehead atoms. The molecule has 0 aliphatic heterocycles. The average Bonchev–Trinajstić information content (AvgIpc) is 2.71. The minimum absolute atomic E-state index is 0.101. The van der Waals surface area contributed by atoms with Crippen molar-refractivity contribution in [2.24, 2.45) is 0 Å². The molecular formula is C22H18FNO3. The maximum Gasteiger partial charge on any atom is 0.185 e. The van der Waals surface area contributed by atoms with Gasteiger partial charge in [0, 0.05) is 17.3 Å². The van der Waals surface area contributed by atoms with Gasteiger partial charge in [0.1, 0.15) is 12.4 Å². The molecule has 3 aromatic rings. The molecule has 0 fully saturated rings. The second-order valence-electron chi connectivity index (χ2n) is 5.69. The van der Waals surface area contributed by atoms with Crippen molar-refractivity contribution in [1.29, 1.82) is 0 Å². The van der Waals surface area contributed by atoms with Gasteiger partial charge in [-0.25, -0.2) is 4.39 Å². The van der Waals surface area contributed by atoms with Gasteiger partial charge in [0.2, 0.25) is 0 Å². The number of carbonyl (C=O) groups excluding carboxylic acids is 1. The number of ketones is 1. The Morgan fingerprint density at radius 1 is 1.07 bits per heavy atom. The summed E-state index contributed by atoms with van der Waals surface area (Å²) in [6, 6.07) is 17.1. The second-order valence-corrected chi connectivity index (χ2v) is 5.69. The van der Waals surface area contributed by atoms with Gasteiger partial charge in [0.25, 0.3) is 0 Å². The second kappa shape index (κ2) is 8.76. The van der Waals surface area contributed by atoms with Gasteiger partial charge < -0.3 is 9.47 Å². The Morgan fingerprint density at radius 3 is 2.63 bits per heavy atom. The van der Waals surface area contributed by atoms with E-state index < -0.39 is 5.82 Å². The molecule has 0 saturated heterocycles. The van der Waals surface area contributed by atoms with E-state index in [-0.39, 0.29) is 17.1 Å². The molecule has 1 heterocycles. The van der Waals surface area contributed by atoms with Crippen LogP contribution >= 0.6 is 0 Å². The van der Waals surface area contributed by atoms with E-state index in [1.807, 2.05) is 42.5 Å². The Hall–Kier alpha value is -3.47. The SMILES string of the molecule is COc1ccc(C(=O)/C=C/c2ccccc2OCc2ccccn2)cc1F. The number of para-hydroxylation sites is 1. The van der Waals surface area contributed by atoms with Crippen molar-refractivity contribution in [2.45, 2.75) is 6.61 Å². The highest BCUT2D eigenvalue weighted by molar-refractivity contribution is 6.07. The summed E-state index contributed by atoms with van der Waals surface area (Å²) in [6.45, 7) is 0.323. The quantitative estimate of drug-likeness (QED) is 0.451. The average molecular weight is 363 g/mol. The van der Waals surface area contributed by atoms with E-state index in [0.29, 0.717) is 12.4 Å². The first-order valence-electron chi connectivity index (χ1n) is 8.35. The molecule has 3 rings (SSSR count). The van der Waals surface area contributed by atoms with Gasteiger partial charge in [-0.3, -0.25) is 9.78 Å². The molecule has 1 aromatic heterocycles. The topological polar surface area (TPSA) is 48.4 Å². The first-order valence-corrected chi connectivity index (χ1v) is 8.35. The van der Waals surface area contributed by atoms with E-state index in [9.17, 15) is 9.18 Å². The third-order valence-electron chi connectivity index (χ3n) is 3.87. The van der Waals surface area contributed by atoms with Gasteiger partial charge in [-0.15, -0.1) is 0 Å². The molecular weight excluding hydrogens is 345 g/mol. The number of hydrogen-bond acceptors (Lipinski definition) is 4. The number of aromatic nitrogens is 1. The number of hydrogen-bond donors (Lipinski definition) is 0. The molecule has 136 valence electrons. The highest BCUT2D eigenvalue weighted by atomic mass is 19.1. The Kier molecular flexibility index (Phi) is 5.94. The predicted octanol–water partition coefficient (Wildman–Crippen LogP) is 4.70. The van der Waals surface area contributed by atoms with Gasteiger partial charge in [0.05, 0.1) is 12.8 Å². The number of methoxy groups -OCH3 is 1. The van der Waals surface area contributed by atoms with Crippen molar-refractivity contribution in [1.82, 2.24) is 4.98 Å². The normalized spacial score (nSPS) is 10.7. The molecule has 0 saturated carbocycles. The first kappa shape index (κ1) is 18.3. The zero-order valence-electron chi connectivity index (χ0n) is 14.8. The number of halogens is 1. The summed E-state index contributed by atoms with van der Waals surface area (Å²) >= 11 is 0. The molecule has 0 aliphatic carbocycles. The number of pyridine rings is 1. The predicted molar refractivity (Wildman–Crippen MR) is 101 cm³/mol. The van der Waals surface area contributed by atoms with Crippen molar-refractivity contribution in [3.63, 3.8) is 0 Å². The van der Waals surface area contributed by atoms with Crippen LogP contribution in [0.3, 0.4) is 0 Å². The fraction of sp³-hybridized carbons (Fsp3) is 0.0909. The minimum atomic E-state index is -0.573. The highest BCUT2D eigenvalue weighted by Crippen LogP contribution is 2.22. The monoisotopic (exact) mass is 363 g/mol. The highest BCUT2D eigenvalue weighted by Gasteiger charge is 2.08. The van der Waals surface area contributed by atoms with Gasteiger partial charge in [-0.05, 0) is 48.6 Å². The number of rotatable bonds is 7. The summed E-state index contributed by atoms with van der Waals surface area (Å²) in [7, 11) is 1.38. The van der Waals surface area contributed by atoms with E-state index in [1.54, 1.807) is 12.3 Å². The van der Waals surface area contributed by atoms with Crippen LogP contribution in [0.5, 0.6) is 11.5 Å². The standard InChI is InChI=1S/C22H18FNO3/c1-26-22-12-10-17(14-19(22)23)20(25)11-9-16-6-2-3-8-21(16)27-15-18-7-4-5-13-24-18/h2-14H,15H2,1H3/b11-9+. The lowest BCUT2D eigenvalue weighted by molar-refractivity contribution is 0.104. The molecule has 0 aliphatic rings. The summed E-state index contributed by atoms with van der Waals surface area (Å²) in [6.07, 6.45) is 4.75. The maximum absolute atomic E-state index is 13.8. The minimum Gasteiger partial charge on any atom is -0.494 e. The summed E-state index contributed by atoms with van der Waals surface area (Å²) in [5, 5.41) is 0. The lowest BCUT2D eigenvalue weighted by Crippen LogP contribution is -1.99. The summed E-state index contributed by atoms with van der Waals surface area (Å²) in [5.74, 6) is -0.149. The van der Waals surface area contributed by atoms with E-state index in [0.717, 1.165) is 17.3 Å². The van der Waals surface area contributed by atoms with Crippen LogP contribution in [0.4, 0.5) is 4.39 Å². The Morgan fingerprint density at radius 2 is 1.89 bits per heavy atom. The number of nitrogens with zero attached hydrogens (tertiary/aromatic N) is 1. The molecule has 27 heavy (non-hydrogen) atoms. The van der Waals surface area contributed by atoms with Crippen molar-refractivity contribution >= 4 is 11.9 Å². The Balaban J connectivity index is 1.73. The van der Waals surface area contributed by atoms with E-state index >= 15 is 0 Å². The van der Waals surface area contributed by atoms with Gasteiger partial charge in [-0.1, -0.05) is 24.3 Å². The van der Waals surface area contributed by atoms with Gasteiger partial charge in [0.15, 0.2) is 17.3 Å². The third-order valence-corrected chi connectivity index (χ3v) is 3.87. The first-order chi connectivity index (χ1) is 13.2. The third kappa shape index (κ3) is 4.79. The molecule has 0 N–H and O–H groups in total. The van der Waals surface area contributed by atoms with Crippen molar-refractivity contribution in [3.8, 4) is 11.5 Å². The lowest BCUT2D eigenvalue weighted by atomic mass is 10.1. The Labute approximate surface area is 156 Å². The molecule has 0 unspecified atom stereocenters. The number of carbonyl (C=O) groups is 1. The van der Waals surface area contributed by atoms with Crippen molar-refractivity contribution < 1.29 is 18.7 Å². The Bertz CT molecular complexity index is 955. The van der Waals surface area contributed by atoms with Crippen LogP contribution in [-0.4, -0.2) is 17.9 Å². The lowest BCUT2D eigenvalue weighted by Gasteiger charge is -2.08.